The predicted octanol–water partition coefficient (Wildman–Crippen LogP) is 5.38. The molecular formula is C28H30ClFN2O4S. The molecule has 0 unspecified atom stereocenters. The van der Waals surface area contributed by atoms with Gasteiger partial charge in [0.2, 0.25) is 15.9 Å². The number of halogens is 2. The van der Waals surface area contributed by atoms with E-state index in [1.807, 2.05) is 30.3 Å². The average Bonchev–Trinajstić information content (AvgIpc) is 2.89. The minimum absolute atomic E-state index is 0.0438. The Balaban J connectivity index is 1.58. The van der Waals surface area contributed by atoms with E-state index in [0.717, 1.165) is 11.6 Å². The summed E-state index contributed by atoms with van der Waals surface area (Å²) in [6.45, 7) is 0.851. The summed E-state index contributed by atoms with van der Waals surface area (Å²) >= 11 is 5.99. The van der Waals surface area contributed by atoms with Gasteiger partial charge in [0.1, 0.15) is 16.5 Å². The van der Waals surface area contributed by atoms with Crippen LogP contribution >= 0.6 is 11.6 Å². The van der Waals surface area contributed by atoms with Gasteiger partial charge in [0.05, 0.1) is 6.61 Å². The molecule has 4 rings (SSSR count). The summed E-state index contributed by atoms with van der Waals surface area (Å²) in [5.41, 5.74) is 0.204. The Labute approximate surface area is 222 Å². The highest BCUT2D eigenvalue weighted by molar-refractivity contribution is 7.89. The van der Waals surface area contributed by atoms with E-state index in [9.17, 15) is 17.6 Å². The molecule has 1 aliphatic heterocycles. The highest BCUT2D eigenvalue weighted by Gasteiger charge is 2.43. The van der Waals surface area contributed by atoms with Crippen LogP contribution in [0.1, 0.15) is 24.8 Å². The van der Waals surface area contributed by atoms with Crippen molar-refractivity contribution in [1.82, 2.24) is 9.21 Å². The first kappa shape index (κ1) is 27.1. The van der Waals surface area contributed by atoms with Crippen molar-refractivity contribution in [3.63, 3.8) is 0 Å². The highest BCUT2D eigenvalue weighted by atomic mass is 35.5. The third-order valence-corrected chi connectivity index (χ3v) is 8.78. The van der Waals surface area contributed by atoms with Crippen LogP contribution in [0, 0.1) is 11.2 Å². The fourth-order valence-corrected chi connectivity index (χ4v) is 6.42. The van der Waals surface area contributed by atoms with Crippen molar-refractivity contribution in [3.8, 4) is 5.75 Å². The van der Waals surface area contributed by atoms with Crippen LogP contribution in [0.5, 0.6) is 5.75 Å². The van der Waals surface area contributed by atoms with Crippen LogP contribution in [0.4, 0.5) is 4.39 Å². The van der Waals surface area contributed by atoms with Crippen LogP contribution in [0.15, 0.2) is 83.8 Å². The third-order valence-electron chi connectivity index (χ3n) is 6.65. The van der Waals surface area contributed by atoms with Gasteiger partial charge in [-0.15, -0.1) is 0 Å². The Morgan fingerprint density at radius 2 is 1.73 bits per heavy atom. The molecule has 0 aliphatic carbocycles. The zero-order valence-electron chi connectivity index (χ0n) is 20.6. The summed E-state index contributed by atoms with van der Waals surface area (Å²) < 4.78 is 48.6. The molecule has 1 heterocycles. The monoisotopic (exact) mass is 544 g/mol. The lowest BCUT2D eigenvalue weighted by Crippen LogP contribution is -2.50. The van der Waals surface area contributed by atoms with Crippen molar-refractivity contribution in [3.05, 3.63) is 95.3 Å². The van der Waals surface area contributed by atoms with Gasteiger partial charge in [-0.1, -0.05) is 54.1 Å². The van der Waals surface area contributed by atoms with Gasteiger partial charge < -0.3 is 9.64 Å². The van der Waals surface area contributed by atoms with Gasteiger partial charge in [-0.2, -0.15) is 4.31 Å². The predicted molar refractivity (Wildman–Crippen MR) is 141 cm³/mol. The number of carbonyl (C=O) groups is 1. The second kappa shape index (κ2) is 11.6. The summed E-state index contributed by atoms with van der Waals surface area (Å²) in [6, 6.07) is 21.9. The lowest BCUT2D eigenvalue weighted by atomic mass is 9.78. The molecule has 37 heavy (non-hydrogen) atoms. The summed E-state index contributed by atoms with van der Waals surface area (Å²) in [5, 5.41) is 0.569. The number of amides is 1. The van der Waals surface area contributed by atoms with Gasteiger partial charge in [0, 0.05) is 43.5 Å². The van der Waals surface area contributed by atoms with E-state index >= 15 is 0 Å². The average molecular weight is 545 g/mol. The second-order valence-corrected chi connectivity index (χ2v) is 11.9. The Morgan fingerprint density at radius 3 is 2.43 bits per heavy atom. The number of nitrogens with zero attached hydrogens (tertiary/aromatic N) is 2. The van der Waals surface area contributed by atoms with Gasteiger partial charge in [0.15, 0.2) is 0 Å². The smallest absolute Gasteiger partial charge is 0.246 e. The van der Waals surface area contributed by atoms with Crippen LogP contribution in [0.2, 0.25) is 5.02 Å². The molecule has 0 aromatic heterocycles. The second-order valence-electron chi connectivity index (χ2n) is 9.53. The van der Waals surface area contributed by atoms with E-state index in [-0.39, 0.29) is 36.9 Å². The molecule has 6 nitrogen and oxygen atoms in total. The van der Waals surface area contributed by atoms with E-state index in [4.69, 9.17) is 16.3 Å². The standard InChI is InChI=1S/C28H30ClFN2O4S/c1-31(19-22-8-3-2-4-9-22)27(33)18-28(21-36-24-14-12-23(29)13-15-24)16-7-17-32(20-28)37(34,35)26-11-6-5-10-25(26)30/h2-6,8-15H,7,16-21H2,1H3/t28-/m1/s1. The molecule has 3 aromatic carbocycles. The van der Waals surface area contributed by atoms with Crippen LogP contribution in [-0.2, 0) is 21.4 Å². The van der Waals surface area contributed by atoms with Crippen molar-refractivity contribution in [2.24, 2.45) is 5.41 Å². The molecule has 0 spiro atoms. The Kier molecular flexibility index (Phi) is 8.52. The van der Waals surface area contributed by atoms with Gasteiger partial charge >= 0.3 is 0 Å². The molecule has 196 valence electrons. The van der Waals surface area contributed by atoms with Crippen molar-refractivity contribution in [2.45, 2.75) is 30.7 Å². The van der Waals surface area contributed by atoms with Gasteiger partial charge in [0.25, 0.3) is 0 Å². The minimum atomic E-state index is -4.10. The number of hydrogen-bond acceptors (Lipinski definition) is 4. The zero-order valence-corrected chi connectivity index (χ0v) is 22.2. The van der Waals surface area contributed by atoms with Crippen LogP contribution in [-0.4, -0.2) is 50.3 Å². The number of ether oxygens (including phenoxy) is 1. The van der Waals surface area contributed by atoms with E-state index < -0.39 is 21.3 Å². The quantitative estimate of drug-likeness (QED) is 0.363. The molecule has 1 atom stereocenters. The topological polar surface area (TPSA) is 66.9 Å². The molecule has 0 bridgehead atoms. The first-order chi connectivity index (χ1) is 17.7. The molecule has 1 fully saturated rings. The third kappa shape index (κ3) is 6.69. The maximum absolute atomic E-state index is 14.5. The SMILES string of the molecule is CN(Cc1ccccc1)C(=O)C[C@]1(COc2ccc(Cl)cc2)CCCN(S(=O)(=O)c2ccccc2F)C1. The van der Waals surface area contributed by atoms with Crippen LogP contribution in [0.3, 0.4) is 0 Å². The summed E-state index contributed by atoms with van der Waals surface area (Å²) in [7, 11) is -2.36. The molecule has 1 saturated heterocycles. The maximum atomic E-state index is 14.5. The van der Waals surface area contributed by atoms with Crippen molar-refractivity contribution < 1.29 is 22.3 Å². The Morgan fingerprint density at radius 1 is 1.05 bits per heavy atom. The molecule has 1 aliphatic rings. The number of piperidine rings is 1. The number of rotatable bonds is 9. The molecule has 9 heteroatoms. The molecular weight excluding hydrogens is 515 g/mol. The molecule has 1 amide bonds. The maximum Gasteiger partial charge on any atom is 0.246 e. The number of carbonyl (C=O) groups excluding carboxylic acids is 1. The Hall–Kier alpha value is -2.94. The normalized spacial score (nSPS) is 18.4. The molecule has 0 saturated carbocycles. The van der Waals surface area contributed by atoms with E-state index in [1.165, 1.54) is 22.5 Å². The van der Waals surface area contributed by atoms with Crippen molar-refractivity contribution >= 4 is 27.5 Å². The lowest BCUT2D eigenvalue weighted by Gasteiger charge is -2.42. The fraction of sp³-hybridized carbons (Fsp3) is 0.321. The highest BCUT2D eigenvalue weighted by Crippen LogP contribution is 2.38. The largest absolute Gasteiger partial charge is 0.493 e. The van der Waals surface area contributed by atoms with Gasteiger partial charge in [-0.05, 0) is 54.8 Å². The van der Waals surface area contributed by atoms with Gasteiger partial charge in [-0.25, -0.2) is 12.8 Å². The van der Waals surface area contributed by atoms with Crippen molar-refractivity contribution in [2.75, 3.05) is 26.7 Å². The fourth-order valence-electron chi connectivity index (χ4n) is 4.64. The van der Waals surface area contributed by atoms with Crippen LogP contribution < -0.4 is 4.74 Å². The first-order valence-corrected chi connectivity index (χ1v) is 13.9. The van der Waals surface area contributed by atoms with Gasteiger partial charge in [-0.3, -0.25) is 4.79 Å². The van der Waals surface area contributed by atoms with E-state index in [2.05, 4.69) is 0 Å². The summed E-state index contributed by atoms with van der Waals surface area (Å²) in [6.07, 6.45) is 1.20. The number of benzene rings is 3. The summed E-state index contributed by atoms with van der Waals surface area (Å²) in [4.78, 5) is 14.7. The Bertz CT molecular complexity index is 1320. The zero-order chi connectivity index (χ0) is 26.5. The van der Waals surface area contributed by atoms with E-state index in [0.29, 0.717) is 30.2 Å². The minimum Gasteiger partial charge on any atom is -0.493 e. The molecule has 0 radical (unpaired) electrons. The molecule has 0 N–H and O–H groups in total. The lowest BCUT2D eigenvalue weighted by molar-refractivity contribution is -0.134. The molecule has 3 aromatic rings. The van der Waals surface area contributed by atoms with Crippen molar-refractivity contribution in [1.29, 1.82) is 0 Å². The van der Waals surface area contributed by atoms with E-state index in [1.54, 1.807) is 36.2 Å². The first-order valence-electron chi connectivity index (χ1n) is 12.1. The number of hydrogen-bond donors (Lipinski definition) is 0. The number of sulfonamides is 1. The van der Waals surface area contributed by atoms with Crippen LogP contribution in [0.25, 0.3) is 0 Å². The summed E-state index contributed by atoms with van der Waals surface area (Å²) in [5.74, 6) is -0.341.